The summed E-state index contributed by atoms with van der Waals surface area (Å²) >= 11 is 0. The summed E-state index contributed by atoms with van der Waals surface area (Å²) in [5, 5.41) is 5.37. The van der Waals surface area contributed by atoms with Crippen LogP contribution in [0.4, 0.5) is 17.1 Å². The first-order chi connectivity index (χ1) is 26.4. The summed E-state index contributed by atoms with van der Waals surface area (Å²) in [6.07, 6.45) is 0. The molecule has 0 unspecified atom stereocenters. The lowest BCUT2D eigenvalue weighted by Crippen LogP contribution is -2.18. The van der Waals surface area contributed by atoms with E-state index >= 15 is 0 Å². The molecule has 1 nitrogen and oxygen atoms in total. The summed E-state index contributed by atoms with van der Waals surface area (Å²) in [6.45, 7) is 18.6. The number of hydrogen-bond donors (Lipinski definition) is 0. The van der Waals surface area contributed by atoms with E-state index in [1.165, 1.54) is 128 Å². The Balaban J connectivity index is 1.17. The molecule has 3 aliphatic rings. The zero-order chi connectivity index (χ0) is 37.7. The molecule has 0 fully saturated rings. The molecule has 0 atom stereocenters. The van der Waals surface area contributed by atoms with Crippen LogP contribution in [0.25, 0.3) is 66.1 Å². The maximum Gasteiger partial charge on any atom is 0.0543 e. The Morgan fingerprint density at radius 3 is 1.44 bits per heavy atom. The predicted octanol–water partition coefficient (Wildman–Crippen LogP) is 15.0. The van der Waals surface area contributed by atoms with Crippen molar-refractivity contribution in [2.45, 2.75) is 66.2 Å². The lowest BCUT2D eigenvalue weighted by molar-refractivity contribution is 0.652. The van der Waals surface area contributed by atoms with E-state index in [0.717, 1.165) is 0 Å². The fraction of sp³-hybridized carbons (Fsp3) is 0.185. The first-order valence-electron chi connectivity index (χ1n) is 19.9. The molecule has 3 aliphatic carbocycles. The number of aryl methyl sites for hydroxylation is 4. The number of hydrogen-bond acceptors (Lipinski definition) is 1. The van der Waals surface area contributed by atoms with Crippen molar-refractivity contribution in [3.63, 3.8) is 0 Å². The summed E-state index contributed by atoms with van der Waals surface area (Å²) in [5.41, 5.74) is 25.2. The maximum atomic E-state index is 2.59. The quantitative estimate of drug-likeness (QED) is 0.177. The highest BCUT2D eigenvalue weighted by Crippen LogP contribution is 2.61. The van der Waals surface area contributed by atoms with E-state index in [2.05, 4.69) is 188 Å². The minimum absolute atomic E-state index is 0.149. The van der Waals surface area contributed by atoms with Gasteiger partial charge in [0, 0.05) is 27.6 Å². The molecule has 55 heavy (non-hydrogen) atoms. The Bertz CT molecular complexity index is 2970. The molecule has 1 heteroatoms. The minimum atomic E-state index is -0.214. The van der Waals surface area contributed by atoms with Gasteiger partial charge in [-0.15, -0.1) is 0 Å². The third kappa shape index (κ3) is 4.19. The Hall–Kier alpha value is -5.92. The van der Waals surface area contributed by atoms with Crippen LogP contribution in [0.2, 0.25) is 0 Å². The first kappa shape index (κ1) is 32.5. The van der Waals surface area contributed by atoms with Gasteiger partial charge in [0.05, 0.1) is 5.69 Å². The van der Waals surface area contributed by atoms with Crippen molar-refractivity contribution in [2.75, 3.05) is 4.90 Å². The molecule has 0 saturated heterocycles. The number of anilines is 3. The van der Waals surface area contributed by atoms with Crippen molar-refractivity contribution >= 4 is 38.6 Å². The van der Waals surface area contributed by atoms with Crippen molar-refractivity contribution in [3.05, 3.63) is 172 Å². The number of fused-ring (bicyclic) bond motifs is 12. The number of benzene rings is 8. The highest BCUT2D eigenvalue weighted by atomic mass is 15.1. The molecule has 0 amide bonds. The SMILES string of the molecule is Cc1ccc(N(c2ccc(C)c(C)c2)c2cc3c(c4ccccc24)-c2cc4c(cc2C3(C)C)-c2c(cc3c5c(cccc25)-c2ccccc2-3)C4(C)C)cc1C. The molecule has 0 heterocycles. The largest absolute Gasteiger partial charge is 0.310 e. The van der Waals surface area contributed by atoms with Crippen LogP contribution >= 0.6 is 0 Å². The molecular weight excluding hydrogens is 663 g/mol. The van der Waals surface area contributed by atoms with Gasteiger partial charge in [0.25, 0.3) is 0 Å². The molecule has 11 rings (SSSR count). The van der Waals surface area contributed by atoms with Crippen molar-refractivity contribution in [1.29, 1.82) is 0 Å². The third-order valence-corrected chi connectivity index (χ3v) is 13.8. The molecule has 8 aromatic carbocycles. The van der Waals surface area contributed by atoms with Gasteiger partial charge in [-0.3, -0.25) is 0 Å². The second-order valence-corrected chi connectivity index (χ2v) is 17.6. The predicted molar refractivity (Wildman–Crippen MR) is 235 cm³/mol. The van der Waals surface area contributed by atoms with Crippen LogP contribution in [-0.4, -0.2) is 0 Å². The van der Waals surface area contributed by atoms with Gasteiger partial charge in [0.2, 0.25) is 0 Å². The Morgan fingerprint density at radius 2 is 0.836 bits per heavy atom. The summed E-state index contributed by atoms with van der Waals surface area (Å²) in [4.78, 5) is 2.50. The second-order valence-electron chi connectivity index (χ2n) is 17.6. The topological polar surface area (TPSA) is 3.24 Å². The number of rotatable bonds is 3. The zero-order valence-corrected chi connectivity index (χ0v) is 33.1. The van der Waals surface area contributed by atoms with Crippen LogP contribution in [0.3, 0.4) is 0 Å². The molecule has 0 spiro atoms. The molecule has 0 aliphatic heterocycles. The minimum Gasteiger partial charge on any atom is -0.310 e. The highest BCUT2D eigenvalue weighted by Gasteiger charge is 2.44. The van der Waals surface area contributed by atoms with Crippen molar-refractivity contribution in [2.24, 2.45) is 0 Å². The monoisotopic (exact) mass is 707 g/mol. The first-order valence-corrected chi connectivity index (χ1v) is 19.9. The zero-order valence-electron chi connectivity index (χ0n) is 33.1. The fourth-order valence-electron chi connectivity index (χ4n) is 10.5. The summed E-state index contributed by atoms with van der Waals surface area (Å²) in [6, 6.07) is 49.1. The molecule has 0 radical (unpaired) electrons. The van der Waals surface area contributed by atoms with Gasteiger partial charge in [-0.05, 0) is 181 Å². The van der Waals surface area contributed by atoms with Crippen LogP contribution in [0.1, 0.15) is 72.2 Å². The lowest BCUT2D eigenvalue weighted by Gasteiger charge is -2.30. The molecule has 266 valence electrons. The summed E-state index contributed by atoms with van der Waals surface area (Å²) in [7, 11) is 0. The van der Waals surface area contributed by atoms with Crippen molar-refractivity contribution < 1.29 is 0 Å². The molecular formula is C54H45N. The van der Waals surface area contributed by atoms with Gasteiger partial charge < -0.3 is 4.90 Å². The van der Waals surface area contributed by atoms with Crippen LogP contribution in [-0.2, 0) is 10.8 Å². The highest BCUT2D eigenvalue weighted by molar-refractivity contribution is 6.21. The van der Waals surface area contributed by atoms with E-state index in [0.29, 0.717) is 0 Å². The van der Waals surface area contributed by atoms with Gasteiger partial charge in [0.15, 0.2) is 0 Å². The molecule has 0 bridgehead atoms. The average molecular weight is 708 g/mol. The molecule has 0 N–H and O–H groups in total. The van der Waals surface area contributed by atoms with Gasteiger partial charge in [0.1, 0.15) is 0 Å². The smallest absolute Gasteiger partial charge is 0.0543 e. The summed E-state index contributed by atoms with van der Waals surface area (Å²) < 4.78 is 0. The van der Waals surface area contributed by atoms with Crippen molar-refractivity contribution in [3.8, 4) is 44.5 Å². The molecule has 0 saturated carbocycles. The number of nitrogens with zero attached hydrogens (tertiary/aromatic N) is 1. The third-order valence-electron chi connectivity index (χ3n) is 13.8. The normalized spacial score (nSPS) is 14.8. The van der Waals surface area contributed by atoms with Gasteiger partial charge in [-0.2, -0.15) is 0 Å². The van der Waals surface area contributed by atoms with E-state index in [4.69, 9.17) is 0 Å². The summed E-state index contributed by atoms with van der Waals surface area (Å²) in [5.74, 6) is 0. The van der Waals surface area contributed by atoms with E-state index in [1.54, 1.807) is 0 Å². The lowest BCUT2D eigenvalue weighted by atomic mass is 9.79. The van der Waals surface area contributed by atoms with Crippen LogP contribution in [0.5, 0.6) is 0 Å². The van der Waals surface area contributed by atoms with Crippen LogP contribution < -0.4 is 4.90 Å². The van der Waals surface area contributed by atoms with E-state index in [-0.39, 0.29) is 10.8 Å². The molecule has 0 aromatic heterocycles. The standard InChI is InChI=1S/C54H45N/c1-30-20-22-34(24-32(30)3)55(35-23-21-31(2)33(4)25-35)49-29-48-51(40-17-12-11-16-38(40)49)43-27-46-44(28-45(43)54(48,7)8)52-41-19-13-18-39-36-14-9-10-15-37(36)42(50(39)41)26-47(52)53(46,5)6/h9-29H,1-8H3. The second kappa shape index (κ2) is 10.9. The van der Waals surface area contributed by atoms with E-state index in [1.807, 2.05) is 0 Å². The van der Waals surface area contributed by atoms with Crippen LogP contribution in [0.15, 0.2) is 127 Å². The fourth-order valence-corrected chi connectivity index (χ4v) is 10.5. The Kier molecular flexibility index (Phi) is 6.42. The van der Waals surface area contributed by atoms with E-state index in [9.17, 15) is 0 Å². The molecule has 8 aromatic rings. The van der Waals surface area contributed by atoms with Gasteiger partial charge in [-0.25, -0.2) is 0 Å². The Labute approximate surface area is 324 Å². The maximum absolute atomic E-state index is 2.59. The van der Waals surface area contributed by atoms with Gasteiger partial charge in [-0.1, -0.05) is 107 Å². The average Bonchev–Trinajstić information content (AvgIpc) is 3.71. The van der Waals surface area contributed by atoms with E-state index < -0.39 is 0 Å². The Morgan fingerprint density at radius 1 is 0.364 bits per heavy atom. The van der Waals surface area contributed by atoms with Crippen molar-refractivity contribution in [1.82, 2.24) is 0 Å². The van der Waals surface area contributed by atoms with Gasteiger partial charge >= 0.3 is 0 Å². The van der Waals surface area contributed by atoms with Crippen LogP contribution in [0, 0.1) is 27.7 Å².